The molecule has 0 fully saturated rings. The van der Waals surface area contributed by atoms with Gasteiger partial charge in [-0.1, -0.05) is 54.6 Å². The van der Waals surface area contributed by atoms with E-state index in [9.17, 15) is 9.59 Å². The zero-order valence-electron chi connectivity index (χ0n) is 15.6. The zero-order valence-corrected chi connectivity index (χ0v) is 15.6. The highest BCUT2D eigenvalue weighted by molar-refractivity contribution is 5.92. The number of benzene rings is 2. The fraction of sp³-hybridized carbons (Fsp3) is 0.0417. The molecule has 29 heavy (non-hydrogen) atoms. The molecule has 0 bridgehead atoms. The predicted octanol–water partition coefficient (Wildman–Crippen LogP) is 3.84. The molecule has 0 aliphatic heterocycles. The predicted molar refractivity (Wildman–Crippen MR) is 116 cm³/mol. The van der Waals surface area contributed by atoms with E-state index in [2.05, 4.69) is 6.58 Å². The molecule has 2 heterocycles. The summed E-state index contributed by atoms with van der Waals surface area (Å²) in [6, 6.07) is 16.6. The summed E-state index contributed by atoms with van der Waals surface area (Å²) in [7, 11) is 0. The Morgan fingerprint density at radius 2 is 1.72 bits per heavy atom. The van der Waals surface area contributed by atoms with Crippen LogP contribution in [0.15, 0.2) is 95.1 Å². The molecule has 2 aromatic carbocycles. The summed E-state index contributed by atoms with van der Waals surface area (Å²) in [6.45, 7) is 4.27. The van der Waals surface area contributed by atoms with Crippen LogP contribution in [0.25, 0.3) is 33.2 Å². The van der Waals surface area contributed by atoms with Gasteiger partial charge in [0.25, 0.3) is 5.56 Å². The third-order valence-corrected chi connectivity index (χ3v) is 5.12. The molecule has 0 saturated carbocycles. The van der Waals surface area contributed by atoms with Crippen molar-refractivity contribution in [3.8, 4) is 5.69 Å². The molecule has 4 aromatic rings. The van der Waals surface area contributed by atoms with E-state index < -0.39 is 0 Å². The SMILES string of the molecule is C=CCn1c2ccccc2c(=O)c2c(=O)n(-c3ccccc3)c(C3=CC=C3)nc21. The number of pyridine rings is 1. The van der Waals surface area contributed by atoms with Crippen LogP contribution in [0.5, 0.6) is 0 Å². The summed E-state index contributed by atoms with van der Waals surface area (Å²) in [5.74, 6) is 0.517. The van der Waals surface area contributed by atoms with Crippen molar-refractivity contribution in [3.63, 3.8) is 0 Å². The molecule has 140 valence electrons. The highest BCUT2D eigenvalue weighted by Crippen LogP contribution is 2.24. The first-order chi connectivity index (χ1) is 14.2. The van der Waals surface area contributed by atoms with Crippen LogP contribution in [-0.4, -0.2) is 14.1 Å². The molecule has 1 aliphatic rings. The van der Waals surface area contributed by atoms with Gasteiger partial charge in [0.2, 0.25) is 5.43 Å². The van der Waals surface area contributed by atoms with Gasteiger partial charge in [0.05, 0.1) is 11.2 Å². The molecule has 5 rings (SSSR count). The van der Waals surface area contributed by atoms with Gasteiger partial charge in [0.15, 0.2) is 5.65 Å². The summed E-state index contributed by atoms with van der Waals surface area (Å²) in [6.07, 6.45) is 7.45. The van der Waals surface area contributed by atoms with Gasteiger partial charge >= 0.3 is 0 Å². The molecular weight excluding hydrogens is 362 g/mol. The maximum absolute atomic E-state index is 13.6. The quantitative estimate of drug-likeness (QED) is 0.400. The molecule has 0 amide bonds. The van der Waals surface area contributed by atoms with E-state index in [4.69, 9.17) is 4.98 Å². The van der Waals surface area contributed by atoms with Crippen LogP contribution in [0, 0.1) is 0 Å². The second-order valence-corrected chi connectivity index (χ2v) is 6.84. The summed E-state index contributed by atoms with van der Waals surface area (Å²) in [4.78, 5) is 31.8. The van der Waals surface area contributed by atoms with Gasteiger partial charge in [-0.15, -0.1) is 6.58 Å². The standard InChI is InChI=1S/C24H17N3O2/c1-2-15-26-19-14-7-6-13-18(19)21(28)20-23(26)25-22(16-9-8-10-16)27(24(20)29)17-11-4-3-5-12-17/h2-14H,1,15H2. The Morgan fingerprint density at radius 1 is 1.00 bits per heavy atom. The van der Waals surface area contributed by atoms with Crippen LogP contribution in [0.4, 0.5) is 0 Å². The number of allylic oxidation sites excluding steroid dienone is 5. The van der Waals surface area contributed by atoms with Crippen molar-refractivity contribution in [1.29, 1.82) is 0 Å². The molecule has 0 atom stereocenters. The lowest BCUT2D eigenvalue weighted by atomic mass is 10.1. The third kappa shape index (κ3) is 2.51. The molecule has 0 saturated heterocycles. The largest absolute Gasteiger partial charge is 0.321 e. The second kappa shape index (κ2) is 6.56. The Labute approximate surface area is 166 Å². The van der Waals surface area contributed by atoms with E-state index >= 15 is 0 Å². The number of hydrogen-bond donors (Lipinski definition) is 0. The van der Waals surface area contributed by atoms with Crippen LogP contribution >= 0.6 is 0 Å². The molecule has 0 spiro atoms. The van der Waals surface area contributed by atoms with Crippen LogP contribution in [0.1, 0.15) is 5.82 Å². The van der Waals surface area contributed by atoms with Crippen LogP contribution in [0.3, 0.4) is 0 Å². The number of aromatic nitrogens is 3. The van der Waals surface area contributed by atoms with Gasteiger partial charge in [-0.25, -0.2) is 4.98 Å². The number of para-hydroxylation sites is 2. The van der Waals surface area contributed by atoms with Crippen molar-refractivity contribution < 1.29 is 0 Å². The van der Waals surface area contributed by atoms with E-state index in [-0.39, 0.29) is 16.4 Å². The summed E-state index contributed by atoms with van der Waals surface area (Å²) < 4.78 is 3.40. The maximum atomic E-state index is 13.6. The minimum atomic E-state index is -0.369. The van der Waals surface area contributed by atoms with Crippen molar-refractivity contribution in [2.75, 3.05) is 0 Å². The highest BCUT2D eigenvalue weighted by atomic mass is 16.1. The van der Waals surface area contributed by atoms with Crippen LogP contribution in [0.2, 0.25) is 0 Å². The monoisotopic (exact) mass is 379 g/mol. The Morgan fingerprint density at radius 3 is 2.41 bits per heavy atom. The number of hydrogen-bond acceptors (Lipinski definition) is 3. The minimum absolute atomic E-state index is 0.0852. The molecule has 5 nitrogen and oxygen atoms in total. The van der Waals surface area contributed by atoms with Crippen molar-refractivity contribution in [2.24, 2.45) is 0 Å². The summed E-state index contributed by atoms with van der Waals surface area (Å²) in [5, 5.41) is 0.581. The number of fused-ring (bicyclic) bond motifs is 2. The topological polar surface area (TPSA) is 56.9 Å². The Balaban J connectivity index is 2.02. The lowest BCUT2D eigenvalue weighted by molar-refractivity contribution is 0.850. The molecular formula is C24H17N3O2. The highest BCUT2D eigenvalue weighted by Gasteiger charge is 2.21. The van der Waals surface area contributed by atoms with E-state index in [1.54, 1.807) is 18.2 Å². The van der Waals surface area contributed by atoms with Gasteiger partial charge in [0, 0.05) is 17.5 Å². The Hall–Kier alpha value is -3.99. The van der Waals surface area contributed by atoms with Crippen molar-refractivity contribution in [2.45, 2.75) is 6.54 Å². The number of rotatable bonds is 4. The minimum Gasteiger partial charge on any atom is -0.321 e. The lowest BCUT2D eigenvalue weighted by Crippen LogP contribution is -2.29. The average Bonchev–Trinajstić information content (AvgIpc) is 2.70. The van der Waals surface area contributed by atoms with Crippen molar-refractivity contribution in [1.82, 2.24) is 14.1 Å². The smallest absolute Gasteiger partial charge is 0.271 e. The van der Waals surface area contributed by atoms with E-state index in [0.717, 1.165) is 11.1 Å². The van der Waals surface area contributed by atoms with Gasteiger partial charge in [-0.3, -0.25) is 14.2 Å². The van der Waals surface area contributed by atoms with Gasteiger partial charge in [-0.2, -0.15) is 0 Å². The zero-order chi connectivity index (χ0) is 20.0. The first-order valence-corrected chi connectivity index (χ1v) is 9.34. The second-order valence-electron chi connectivity index (χ2n) is 6.84. The average molecular weight is 379 g/mol. The van der Waals surface area contributed by atoms with E-state index in [1.807, 2.05) is 65.3 Å². The van der Waals surface area contributed by atoms with E-state index in [1.165, 1.54) is 4.57 Å². The fourth-order valence-corrected chi connectivity index (χ4v) is 3.72. The first kappa shape index (κ1) is 17.1. The molecule has 2 aromatic heterocycles. The molecule has 1 aliphatic carbocycles. The summed E-state index contributed by atoms with van der Waals surface area (Å²) in [5.41, 5.74) is 1.96. The molecule has 0 N–H and O–H groups in total. The Bertz CT molecular complexity index is 1470. The van der Waals surface area contributed by atoms with E-state index in [0.29, 0.717) is 29.1 Å². The molecule has 0 unspecified atom stereocenters. The molecule has 5 heteroatoms. The van der Waals surface area contributed by atoms with Gasteiger partial charge < -0.3 is 4.57 Å². The van der Waals surface area contributed by atoms with Crippen LogP contribution < -0.4 is 11.0 Å². The summed E-state index contributed by atoms with van der Waals surface area (Å²) >= 11 is 0. The molecule has 0 radical (unpaired) electrons. The van der Waals surface area contributed by atoms with Crippen molar-refractivity contribution in [3.05, 3.63) is 112 Å². The Kier molecular flexibility index (Phi) is 3.88. The number of nitrogens with zero attached hydrogens (tertiary/aromatic N) is 3. The van der Waals surface area contributed by atoms with Gasteiger partial charge in [0.1, 0.15) is 11.2 Å². The maximum Gasteiger partial charge on any atom is 0.271 e. The first-order valence-electron chi connectivity index (χ1n) is 9.34. The van der Waals surface area contributed by atoms with Gasteiger partial charge in [-0.05, 0) is 24.3 Å². The normalized spacial score (nSPS) is 12.8. The van der Waals surface area contributed by atoms with Crippen LogP contribution in [-0.2, 0) is 6.54 Å². The fourth-order valence-electron chi connectivity index (χ4n) is 3.72. The third-order valence-electron chi connectivity index (χ3n) is 5.12. The van der Waals surface area contributed by atoms with Crippen molar-refractivity contribution >= 4 is 27.5 Å². The lowest BCUT2D eigenvalue weighted by Gasteiger charge is -2.19.